The van der Waals surface area contributed by atoms with E-state index in [1.165, 1.54) is 18.2 Å². The summed E-state index contributed by atoms with van der Waals surface area (Å²) < 4.78 is 25.6. The Balaban J connectivity index is 1.63. The minimum absolute atomic E-state index is 0.100. The van der Waals surface area contributed by atoms with Crippen LogP contribution >= 0.6 is 0 Å². The molecule has 1 aliphatic carbocycles. The van der Waals surface area contributed by atoms with Gasteiger partial charge in [-0.2, -0.15) is 0 Å². The van der Waals surface area contributed by atoms with Gasteiger partial charge in [0.2, 0.25) is 0 Å². The van der Waals surface area contributed by atoms with Crippen molar-refractivity contribution in [2.24, 2.45) is 7.05 Å². The van der Waals surface area contributed by atoms with Crippen LogP contribution in [0.1, 0.15) is 70.3 Å². The lowest BCUT2D eigenvalue weighted by Crippen LogP contribution is -2.43. The summed E-state index contributed by atoms with van der Waals surface area (Å²) in [5.74, 6) is -2.68. The van der Waals surface area contributed by atoms with Crippen molar-refractivity contribution in [1.29, 1.82) is 0 Å². The minimum atomic E-state index is -0.735. The van der Waals surface area contributed by atoms with Crippen LogP contribution < -0.4 is 10.6 Å². The van der Waals surface area contributed by atoms with E-state index in [4.69, 9.17) is 9.47 Å². The topological polar surface area (TPSA) is 116 Å². The monoisotopic (exact) mass is 515 g/mol. The molecule has 0 bridgehead atoms. The van der Waals surface area contributed by atoms with Crippen molar-refractivity contribution in [3.63, 3.8) is 0 Å². The van der Waals surface area contributed by atoms with Crippen LogP contribution in [0.15, 0.2) is 18.2 Å². The number of ether oxygens (including phenoxy) is 2. The van der Waals surface area contributed by atoms with Crippen LogP contribution in [0.2, 0.25) is 0 Å². The number of rotatable bonds is 9. The molecule has 0 spiro atoms. The van der Waals surface area contributed by atoms with Gasteiger partial charge in [-0.1, -0.05) is 0 Å². The number of Topliss-reactive ketones (excluding diaryl/α,β-unsaturated/α-hetero) is 1. The molecule has 1 aromatic carbocycles. The minimum Gasteiger partial charge on any atom is -0.464 e. The molecular formula is C27H34FN3O6. The van der Waals surface area contributed by atoms with Gasteiger partial charge < -0.3 is 24.7 Å². The number of hydrogen-bond acceptors (Lipinski definition) is 6. The van der Waals surface area contributed by atoms with Gasteiger partial charge in [-0.3, -0.25) is 14.4 Å². The highest BCUT2D eigenvalue weighted by atomic mass is 19.1. The van der Waals surface area contributed by atoms with Gasteiger partial charge in [0.1, 0.15) is 12.4 Å². The molecular weight excluding hydrogens is 481 g/mol. The molecule has 0 radical (unpaired) electrons. The van der Waals surface area contributed by atoms with E-state index in [1.54, 1.807) is 39.3 Å². The van der Waals surface area contributed by atoms with Crippen molar-refractivity contribution in [2.75, 3.05) is 18.5 Å². The number of nitrogens with one attached hydrogen (secondary N) is 2. The number of ketones is 1. The van der Waals surface area contributed by atoms with Crippen molar-refractivity contribution >= 4 is 29.3 Å². The Bertz CT molecular complexity index is 1200. The highest BCUT2D eigenvalue weighted by Crippen LogP contribution is 2.25. The number of halogens is 1. The van der Waals surface area contributed by atoms with E-state index in [2.05, 4.69) is 10.6 Å². The van der Waals surface area contributed by atoms with Gasteiger partial charge in [0.15, 0.2) is 0 Å². The number of carbonyl (C=O) groups is 4. The van der Waals surface area contributed by atoms with E-state index < -0.39 is 23.6 Å². The number of carbonyl (C=O) groups excluding carboxylic acids is 4. The van der Waals surface area contributed by atoms with Crippen molar-refractivity contribution in [3.05, 3.63) is 52.1 Å². The van der Waals surface area contributed by atoms with Crippen molar-refractivity contribution in [1.82, 2.24) is 9.88 Å². The molecule has 1 heterocycles. The van der Waals surface area contributed by atoms with E-state index >= 15 is 0 Å². The maximum atomic E-state index is 13.6. The number of hydrogen-bond donors (Lipinski definition) is 2. The second kappa shape index (κ2) is 12.1. The van der Waals surface area contributed by atoms with E-state index in [0.29, 0.717) is 60.4 Å². The fourth-order valence-corrected chi connectivity index (χ4v) is 4.67. The molecule has 0 aliphatic heterocycles. The largest absolute Gasteiger partial charge is 0.464 e. The van der Waals surface area contributed by atoms with Gasteiger partial charge in [0, 0.05) is 24.5 Å². The standard InChI is InChI=1S/C27H34FN3O6/c1-6-36-22(32)14-37-20-10-7-18(8-11-20)29-27(35)25(33)24-16(3)23(17(4)31(24)5)26(34)30-19-9-12-21(28)15(2)13-19/h9,12-13,18,20H,6-8,10-11,14H2,1-5H3,(H,29,35)(H,30,34)/t18-,20+. The van der Waals surface area contributed by atoms with Crippen molar-refractivity contribution in [2.45, 2.75) is 65.5 Å². The van der Waals surface area contributed by atoms with Gasteiger partial charge in [-0.05, 0) is 82.7 Å². The summed E-state index contributed by atoms with van der Waals surface area (Å²) in [7, 11) is 1.63. The average molecular weight is 516 g/mol. The number of nitrogens with zero attached hydrogens (tertiary/aromatic N) is 1. The van der Waals surface area contributed by atoms with Crippen LogP contribution in [0.4, 0.5) is 10.1 Å². The quantitative estimate of drug-likeness (QED) is 0.300. The molecule has 1 aliphatic rings. The van der Waals surface area contributed by atoms with E-state index in [9.17, 15) is 23.6 Å². The summed E-state index contributed by atoms with van der Waals surface area (Å²) >= 11 is 0. The molecule has 0 saturated heterocycles. The average Bonchev–Trinajstić information content (AvgIpc) is 3.08. The summed E-state index contributed by atoms with van der Waals surface area (Å²) in [5.41, 5.74) is 2.18. The first kappa shape index (κ1) is 28.0. The zero-order chi connectivity index (χ0) is 27.3. The Hall–Kier alpha value is -3.53. The lowest BCUT2D eigenvalue weighted by atomic mass is 9.92. The molecule has 2 aromatic rings. The molecule has 37 heavy (non-hydrogen) atoms. The molecule has 2 N–H and O–H groups in total. The van der Waals surface area contributed by atoms with E-state index in [0.717, 1.165) is 0 Å². The third kappa shape index (κ3) is 6.62. The fraction of sp³-hybridized carbons (Fsp3) is 0.481. The summed E-state index contributed by atoms with van der Waals surface area (Å²) in [6.07, 6.45) is 2.42. The number of esters is 1. The zero-order valence-electron chi connectivity index (χ0n) is 21.9. The van der Waals surface area contributed by atoms with Crippen LogP contribution in [0.5, 0.6) is 0 Å². The molecule has 9 nitrogen and oxygen atoms in total. The van der Waals surface area contributed by atoms with Gasteiger partial charge >= 0.3 is 5.97 Å². The van der Waals surface area contributed by atoms with Crippen molar-refractivity contribution < 1.29 is 33.0 Å². The van der Waals surface area contributed by atoms with Gasteiger partial charge in [0.25, 0.3) is 17.6 Å². The smallest absolute Gasteiger partial charge is 0.332 e. The first-order chi connectivity index (χ1) is 17.5. The van der Waals surface area contributed by atoms with Crippen LogP contribution in [0.25, 0.3) is 0 Å². The van der Waals surface area contributed by atoms with Crippen LogP contribution in [-0.2, 0) is 26.1 Å². The second-order valence-corrected chi connectivity index (χ2v) is 9.30. The zero-order valence-corrected chi connectivity index (χ0v) is 21.9. The number of benzene rings is 1. The molecule has 0 unspecified atom stereocenters. The van der Waals surface area contributed by atoms with Crippen molar-refractivity contribution in [3.8, 4) is 0 Å². The van der Waals surface area contributed by atoms with Gasteiger partial charge in [-0.15, -0.1) is 0 Å². The molecule has 200 valence electrons. The Labute approximate surface area is 215 Å². The van der Waals surface area contributed by atoms with Crippen LogP contribution in [0.3, 0.4) is 0 Å². The first-order valence-electron chi connectivity index (χ1n) is 12.4. The Kier molecular flexibility index (Phi) is 9.20. The molecule has 3 rings (SSSR count). The number of anilines is 1. The lowest BCUT2D eigenvalue weighted by Gasteiger charge is -2.28. The predicted octanol–water partition coefficient (Wildman–Crippen LogP) is 3.53. The maximum Gasteiger partial charge on any atom is 0.332 e. The molecule has 10 heteroatoms. The normalized spacial score (nSPS) is 17.2. The first-order valence-corrected chi connectivity index (χ1v) is 12.4. The number of amides is 2. The van der Waals surface area contributed by atoms with Crippen LogP contribution in [-0.4, -0.2) is 53.5 Å². The SMILES string of the molecule is CCOC(=O)CO[C@H]1CC[C@@H](NC(=O)C(=O)c2c(C)c(C(=O)Nc3ccc(F)c(C)c3)c(C)n2C)CC1. The highest BCUT2D eigenvalue weighted by Gasteiger charge is 2.31. The van der Waals surface area contributed by atoms with Gasteiger partial charge in [0.05, 0.1) is 24.0 Å². The summed E-state index contributed by atoms with van der Waals surface area (Å²) in [5, 5.41) is 5.54. The maximum absolute atomic E-state index is 13.6. The number of aryl methyl sites for hydroxylation is 1. The molecule has 1 fully saturated rings. The summed E-state index contributed by atoms with van der Waals surface area (Å²) in [4.78, 5) is 50.4. The molecule has 1 saturated carbocycles. The second-order valence-electron chi connectivity index (χ2n) is 9.30. The Morgan fingerprint density at radius 1 is 1.08 bits per heavy atom. The van der Waals surface area contributed by atoms with Crippen LogP contribution in [0, 0.1) is 26.6 Å². The third-order valence-electron chi connectivity index (χ3n) is 6.75. The van der Waals surface area contributed by atoms with E-state index in [-0.39, 0.29) is 30.3 Å². The number of aromatic nitrogens is 1. The molecule has 2 amide bonds. The highest BCUT2D eigenvalue weighted by molar-refractivity contribution is 6.43. The summed E-state index contributed by atoms with van der Waals surface area (Å²) in [6, 6.07) is 4.07. The van der Waals surface area contributed by atoms with E-state index in [1.807, 2.05) is 0 Å². The summed E-state index contributed by atoms with van der Waals surface area (Å²) in [6.45, 7) is 6.86. The fourth-order valence-electron chi connectivity index (χ4n) is 4.67. The molecule has 0 atom stereocenters. The predicted molar refractivity (Wildman–Crippen MR) is 135 cm³/mol. The third-order valence-corrected chi connectivity index (χ3v) is 6.75. The van der Waals surface area contributed by atoms with Gasteiger partial charge in [-0.25, -0.2) is 9.18 Å². The Morgan fingerprint density at radius 2 is 1.76 bits per heavy atom. The lowest BCUT2D eigenvalue weighted by molar-refractivity contribution is -0.151. The molecule has 1 aromatic heterocycles. The Morgan fingerprint density at radius 3 is 2.38 bits per heavy atom.